The van der Waals surface area contributed by atoms with Crippen molar-refractivity contribution in [3.8, 4) is 0 Å². The highest BCUT2D eigenvalue weighted by Crippen LogP contribution is 2.30. The van der Waals surface area contributed by atoms with Crippen LogP contribution in [0.4, 0.5) is 11.6 Å². The normalized spacial score (nSPS) is 20.5. The lowest BCUT2D eigenvalue weighted by Gasteiger charge is -2.47. The van der Waals surface area contributed by atoms with E-state index in [9.17, 15) is 4.79 Å². The van der Waals surface area contributed by atoms with Gasteiger partial charge in [0.2, 0.25) is 0 Å². The number of nitrogens with two attached hydrogens (primary N) is 1. The third-order valence-electron chi connectivity index (χ3n) is 6.95. The zero-order chi connectivity index (χ0) is 24.2. The van der Waals surface area contributed by atoms with Crippen LogP contribution in [0.15, 0.2) is 24.3 Å². The summed E-state index contributed by atoms with van der Waals surface area (Å²) in [4.78, 5) is 28.0. The molecule has 0 unspecified atom stereocenters. The van der Waals surface area contributed by atoms with E-state index in [2.05, 4.69) is 49.0 Å². The zero-order valence-corrected chi connectivity index (χ0v) is 21.3. The van der Waals surface area contributed by atoms with Gasteiger partial charge >= 0.3 is 0 Å². The molecule has 8 nitrogen and oxygen atoms in total. The van der Waals surface area contributed by atoms with Crippen LogP contribution in [0.3, 0.4) is 0 Å². The van der Waals surface area contributed by atoms with Gasteiger partial charge in [-0.15, -0.1) is 0 Å². The molecule has 2 aliphatic rings. The summed E-state index contributed by atoms with van der Waals surface area (Å²) in [5.74, 6) is 0.266. The second-order valence-electron chi connectivity index (χ2n) is 9.03. The monoisotopic (exact) mass is 505 g/mol. The maximum atomic E-state index is 11.9. The highest BCUT2D eigenvalue weighted by Gasteiger charge is 2.34. The van der Waals surface area contributed by atoms with Crippen molar-refractivity contribution in [1.82, 2.24) is 25.1 Å². The molecule has 0 spiro atoms. The van der Waals surface area contributed by atoms with Crippen molar-refractivity contribution in [3.05, 3.63) is 45.7 Å². The summed E-state index contributed by atoms with van der Waals surface area (Å²) >= 11 is 12.4. The molecule has 184 valence electrons. The number of nitrogen functional groups attached to an aromatic ring is 1. The molecule has 2 saturated heterocycles. The molecule has 0 aliphatic carbocycles. The lowest BCUT2D eigenvalue weighted by Crippen LogP contribution is -2.58. The molecule has 1 aromatic heterocycles. The number of carbonyl (C=O) groups is 1. The van der Waals surface area contributed by atoms with Crippen LogP contribution in [0.5, 0.6) is 0 Å². The number of halogens is 2. The number of carbonyl (C=O) groups excluding carboxylic acids is 1. The fourth-order valence-corrected chi connectivity index (χ4v) is 5.44. The van der Waals surface area contributed by atoms with Gasteiger partial charge in [-0.2, -0.15) is 0 Å². The number of benzene rings is 1. The van der Waals surface area contributed by atoms with Crippen LogP contribution in [-0.4, -0.2) is 77.5 Å². The zero-order valence-electron chi connectivity index (χ0n) is 19.8. The van der Waals surface area contributed by atoms with Gasteiger partial charge in [-0.3, -0.25) is 14.6 Å². The summed E-state index contributed by atoms with van der Waals surface area (Å²) in [5.41, 5.74) is 7.39. The predicted molar refractivity (Wildman–Crippen MR) is 138 cm³/mol. The first-order chi connectivity index (χ1) is 16.4. The first-order valence-electron chi connectivity index (χ1n) is 11.9. The Kier molecular flexibility index (Phi) is 8.14. The van der Waals surface area contributed by atoms with E-state index in [4.69, 9.17) is 28.9 Å². The van der Waals surface area contributed by atoms with E-state index in [1.165, 1.54) is 25.5 Å². The van der Waals surface area contributed by atoms with Crippen molar-refractivity contribution in [2.75, 3.05) is 50.4 Å². The van der Waals surface area contributed by atoms with E-state index < -0.39 is 5.91 Å². The first kappa shape index (κ1) is 25.0. The van der Waals surface area contributed by atoms with Crippen LogP contribution in [0.25, 0.3) is 0 Å². The standard InChI is InChI=1S/C24H33Cl2N7O/c1-3-18-15-32(23-21(26)29-20(22(27)30-23)24(34)28-2)12-13-33(18)19-8-10-31(11-9-19)14-16-4-6-17(25)7-5-16/h4-7,18-19H,3,8-15H2,1-2H3,(H2,27,30)(H,28,34)/t18-/m0/s1. The van der Waals surface area contributed by atoms with E-state index >= 15 is 0 Å². The van der Waals surface area contributed by atoms with Crippen LogP contribution in [0.2, 0.25) is 10.2 Å². The smallest absolute Gasteiger partial charge is 0.273 e. The largest absolute Gasteiger partial charge is 0.382 e. The van der Waals surface area contributed by atoms with Crippen LogP contribution < -0.4 is 16.0 Å². The molecule has 2 aromatic rings. The number of nitrogens with zero attached hydrogens (tertiary/aromatic N) is 5. The second-order valence-corrected chi connectivity index (χ2v) is 9.83. The third kappa shape index (κ3) is 5.57. The van der Waals surface area contributed by atoms with Gasteiger partial charge in [0.1, 0.15) is 0 Å². The first-order valence-corrected chi connectivity index (χ1v) is 12.7. The molecule has 1 aromatic carbocycles. The summed E-state index contributed by atoms with van der Waals surface area (Å²) in [6.45, 7) is 7.95. The maximum absolute atomic E-state index is 11.9. The van der Waals surface area contributed by atoms with Gasteiger partial charge in [0.15, 0.2) is 22.5 Å². The fraction of sp³-hybridized carbons (Fsp3) is 0.542. The number of hydrogen-bond acceptors (Lipinski definition) is 7. The molecule has 0 bridgehead atoms. The molecule has 2 fully saturated rings. The average molecular weight is 506 g/mol. The number of piperidine rings is 1. The molecular formula is C24H33Cl2N7O. The Morgan fingerprint density at radius 1 is 1.12 bits per heavy atom. The SMILES string of the molecule is CC[C@H]1CN(c2nc(N)c(C(=O)NC)nc2Cl)CCN1C1CCN(Cc2ccc(Cl)cc2)CC1. The molecule has 0 radical (unpaired) electrons. The Bertz CT molecular complexity index is 996. The van der Waals surface area contributed by atoms with Crippen LogP contribution in [0, 0.1) is 0 Å². The van der Waals surface area contributed by atoms with Gasteiger partial charge in [-0.05, 0) is 50.0 Å². The van der Waals surface area contributed by atoms with Crippen LogP contribution >= 0.6 is 23.2 Å². The van der Waals surface area contributed by atoms with Gasteiger partial charge in [-0.25, -0.2) is 9.97 Å². The van der Waals surface area contributed by atoms with Crippen molar-refractivity contribution >= 4 is 40.7 Å². The summed E-state index contributed by atoms with van der Waals surface area (Å²) in [7, 11) is 1.53. The summed E-state index contributed by atoms with van der Waals surface area (Å²) < 4.78 is 0. The number of hydrogen-bond donors (Lipinski definition) is 2. The summed E-state index contributed by atoms with van der Waals surface area (Å²) in [6, 6.07) is 9.14. The lowest BCUT2D eigenvalue weighted by atomic mass is 9.98. The number of piperazine rings is 1. The topological polar surface area (TPSA) is 90.6 Å². The average Bonchev–Trinajstić information content (AvgIpc) is 2.86. The lowest BCUT2D eigenvalue weighted by molar-refractivity contribution is 0.0610. The van der Waals surface area contributed by atoms with E-state index in [1.807, 2.05) is 12.1 Å². The molecule has 3 heterocycles. The highest BCUT2D eigenvalue weighted by molar-refractivity contribution is 6.32. The van der Waals surface area contributed by atoms with Crippen molar-refractivity contribution in [3.63, 3.8) is 0 Å². The number of likely N-dealkylation sites (tertiary alicyclic amines) is 1. The van der Waals surface area contributed by atoms with Crippen molar-refractivity contribution in [2.24, 2.45) is 0 Å². The van der Waals surface area contributed by atoms with Gasteiger partial charge in [0.25, 0.3) is 5.91 Å². The number of anilines is 2. The van der Waals surface area contributed by atoms with Crippen molar-refractivity contribution in [1.29, 1.82) is 0 Å². The molecule has 1 atom stereocenters. The Morgan fingerprint density at radius 3 is 2.47 bits per heavy atom. The van der Waals surface area contributed by atoms with Crippen molar-refractivity contribution in [2.45, 2.75) is 44.8 Å². The molecule has 3 N–H and O–H groups in total. The van der Waals surface area contributed by atoms with E-state index in [1.54, 1.807) is 0 Å². The van der Waals surface area contributed by atoms with Gasteiger partial charge in [-0.1, -0.05) is 42.3 Å². The van der Waals surface area contributed by atoms with Crippen LogP contribution in [-0.2, 0) is 6.54 Å². The molecule has 34 heavy (non-hydrogen) atoms. The minimum absolute atomic E-state index is 0.0623. The van der Waals surface area contributed by atoms with Crippen molar-refractivity contribution < 1.29 is 4.79 Å². The number of amides is 1. The number of nitrogens with one attached hydrogen (secondary N) is 1. The Hall–Kier alpha value is -2.13. The highest BCUT2D eigenvalue weighted by atomic mass is 35.5. The van der Waals surface area contributed by atoms with Gasteiger partial charge in [0, 0.05) is 50.3 Å². The molecule has 4 rings (SSSR count). The molecular weight excluding hydrogens is 473 g/mol. The summed E-state index contributed by atoms with van der Waals surface area (Å²) in [6.07, 6.45) is 3.37. The van der Waals surface area contributed by atoms with E-state index in [-0.39, 0.29) is 16.7 Å². The molecule has 2 aliphatic heterocycles. The maximum Gasteiger partial charge on any atom is 0.273 e. The van der Waals surface area contributed by atoms with Crippen LogP contribution in [0.1, 0.15) is 42.2 Å². The summed E-state index contributed by atoms with van der Waals surface area (Å²) in [5, 5.41) is 3.51. The van der Waals surface area contributed by atoms with Gasteiger partial charge in [0.05, 0.1) is 0 Å². The van der Waals surface area contributed by atoms with E-state index in [0.29, 0.717) is 17.9 Å². The quantitative estimate of drug-likeness (QED) is 0.622. The minimum Gasteiger partial charge on any atom is -0.382 e. The molecule has 10 heteroatoms. The minimum atomic E-state index is -0.392. The molecule has 1 amide bonds. The molecule has 0 saturated carbocycles. The van der Waals surface area contributed by atoms with E-state index in [0.717, 1.165) is 50.7 Å². The van der Waals surface area contributed by atoms with Gasteiger partial charge < -0.3 is 16.0 Å². The number of aromatic nitrogens is 2. The Balaban J connectivity index is 1.36. The Morgan fingerprint density at radius 2 is 1.82 bits per heavy atom. The second kappa shape index (κ2) is 11.1. The number of rotatable bonds is 6. The fourth-order valence-electron chi connectivity index (χ4n) is 5.07. The third-order valence-corrected chi connectivity index (χ3v) is 7.46. The Labute approximate surface area is 211 Å². The predicted octanol–water partition coefficient (Wildman–Crippen LogP) is 3.29.